The fraction of sp³-hybridized carbons (Fsp3) is 0.600. The summed E-state index contributed by atoms with van der Waals surface area (Å²) in [6.45, 7) is 5.58. The quantitative estimate of drug-likeness (QED) is 0.543. The van der Waals surface area contributed by atoms with E-state index >= 15 is 0 Å². The fourth-order valence-electron chi connectivity index (χ4n) is 4.26. The van der Waals surface area contributed by atoms with Crippen molar-refractivity contribution in [2.75, 3.05) is 34.3 Å². The second-order valence-electron chi connectivity index (χ2n) is 9.12. The smallest absolute Gasteiger partial charge is 0.412 e. The SMILES string of the molecule is COC(=O)CC(CNC(=O)Oc1cccc(C2=CCCC[C@@H]2CN(C)C)c1)CC(C)C. The summed E-state index contributed by atoms with van der Waals surface area (Å²) in [4.78, 5) is 26.3. The minimum Gasteiger partial charge on any atom is -0.469 e. The van der Waals surface area contributed by atoms with Gasteiger partial charge in [-0.25, -0.2) is 4.79 Å². The molecule has 0 saturated carbocycles. The van der Waals surface area contributed by atoms with E-state index in [9.17, 15) is 9.59 Å². The van der Waals surface area contributed by atoms with Gasteiger partial charge >= 0.3 is 12.1 Å². The van der Waals surface area contributed by atoms with Crippen LogP contribution in [0.5, 0.6) is 5.75 Å². The second-order valence-corrected chi connectivity index (χ2v) is 9.12. The van der Waals surface area contributed by atoms with E-state index in [4.69, 9.17) is 9.47 Å². The summed E-state index contributed by atoms with van der Waals surface area (Å²) in [6.07, 6.45) is 6.40. The summed E-state index contributed by atoms with van der Waals surface area (Å²) < 4.78 is 10.3. The molecule has 2 rings (SSSR count). The zero-order chi connectivity index (χ0) is 22.8. The van der Waals surface area contributed by atoms with Crippen LogP contribution in [0.25, 0.3) is 5.57 Å². The average Bonchev–Trinajstić information content (AvgIpc) is 2.71. The molecule has 172 valence electrons. The first-order valence-electron chi connectivity index (χ1n) is 11.3. The third kappa shape index (κ3) is 8.74. The Bertz CT molecular complexity index is 758. The molecule has 0 aromatic heterocycles. The monoisotopic (exact) mass is 430 g/mol. The first-order valence-corrected chi connectivity index (χ1v) is 11.3. The van der Waals surface area contributed by atoms with Crippen molar-refractivity contribution < 1.29 is 19.1 Å². The maximum absolute atomic E-state index is 12.4. The molecular formula is C25H38N2O4. The molecule has 1 aromatic rings. The number of amides is 1. The van der Waals surface area contributed by atoms with E-state index in [-0.39, 0.29) is 18.3 Å². The molecule has 6 heteroatoms. The molecule has 0 fully saturated rings. The van der Waals surface area contributed by atoms with E-state index < -0.39 is 6.09 Å². The van der Waals surface area contributed by atoms with E-state index in [1.54, 1.807) is 6.07 Å². The van der Waals surface area contributed by atoms with Gasteiger partial charge < -0.3 is 19.7 Å². The van der Waals surface area contributed by atoms with Gasteiger partial charge in [-0.05, 0) is 80.8 Å². The van der Waals surface area contributed by atoms with Crippen molar-refractivity contribution in [3.63, 3.8) is 0 Å². The van der Waals surface area contributed by atoms with Crippen molar-refractivity contribution >= 4 is 17.6 Å². The van der Waals surface area contributed by atoms with Gasteiger partial charge in [0.1, 0.15) is 5.75 Å². The van der Waals surface area contributed by atoms with Crippen LogP contribution in [-0.2, 0) is 9.53 Å². The van der Waals surface area contributed by atoms with Gasteiger partial charge in [-0.3, -0.25) is 4.79 Å². The van der Waals surface area contributed by atoms with Gasteiger partial charge in [-0.1, -0.05) is 32.1 Å². The topological polar surface area (TPSA) is 67.9 Å². The summed E-state index contributed by atoms with van der Waals surface area (Å²) in [5.41, 5.74) is 2.45. The summed E-state index contributed by atoms with van der Waals surface area (Å²) in [5.74, 6) is 1.19. The number of nitrogens with one attached hydrogen (secondary N) is 1. The zero-order valence-electron chi connectivity index (χ0n) is 19.6. The molecule has 0 heterocycles. The number of carbonyl (C=O) groups excluding carboxylic acids is 2. The molecule has 1 N–H and O–H groups in total. The molecule has 6 nitrogen and oxygen atoms in total. The van der Waals surface area contributed by atoms with Crippen LogP contribution < -0.4 is 10.1 Å². The fourth-order valence-corrected chi connectivity index (χ4v) is 4.26. The maximum Gasteiger partial charge on any atom is 0.412 e. The average molecular weight is 431 g/mol. The van der Waals surface area contributed by atoms with Crippen molar-refractivity contribution in [2.45, 2.75) is 46.0 Å². The van der Waals surface area contributed by atoms with Crippen molar-refractivity contribution in [2.24, 2.45) is 17.8 Å². The Kier molecular flexibility index (Phi) is 10.0. The molecular weight excluding hydrogens is 392 g/mol. The van der Waals surface area contributed by atoms with Crippen LogP contribution in [0.1, 0.15) is 51.5 Å². The van der Waals surface area contributed by atoms with Crippen LogP contribution >= 0.6 is 0 Å². The summed E-state index contributed by atoms with van der Waals surface area (Å²) in [5, 5.41) is 2.81. The largest absolute Gasteiger partial charge is 0.469 e. The highest BCUT2D eigenvalue weighted by Gasteiger charge is 2.21. The van der Waals surface area contributed by atoms with Gasteiger partial charge in [0.2, 0.25) is 0 Å². The number of hydrogen-bond donors (Lipinski definition) is 1. The Morgan fingerprint density at radius 1 is 1.26 bits per heavy atom. The van der Waals surface area contributed by atoms with Crippen LogP contribution in [0.3, 0.4) is 0 Å². The Morgan fingerprint density at radius 2 is 2.03 bits per heavy atom. The van der Waals surface area contributed by atoms with Crippen LogP contribution in [0.2, 0.25) is 0 Å². The van der Waals surface area contributed by atoms with Gasteiger partial charge in [0, 0.05) is 13.1 Å². The van der Waals surface area contributed by atoms with Crippen molar-refractivity contribution in [1.29, 1.82) is 0 Å². The van der Waals surface area contributed by atoms with Crippen LogP contribution in [0.15, 0.2) is 30.3 Å². The van der Waals surface area contributed by atoms with E-state index in [2.05, 4.69) is 50.3 Å². The Balaban J connectivity index is 1.99. The third-order valence-electron chi connectivity index (χ3n) is 5.55. The number of benzene rings is 1. The van der Waals surface area contributed by atoms with Crippen LogP contribution in [0.4, 0.5) is 4.79 Å². The first-order chi connectivity index (χ1) is 14.8. The number of carbonyl (C=O) groups is 2. The highest BCUT2D eigenvalue weighted by atomic mass is 16.6. The number of methoxy groups -OCH3 is 1. The van der Waals surface area contributed by atoms with Gasteiger partial charge in [0.15, 0.2) is 0 Å². The zero-order valence-corrected chi connectivity index (χ0v) is 19.6. The molecule has 0 aliphatic heterocycles. The van der Waals surface area contributed by atoms with Crippen molar-refractivity contribution in [3.05, 3.63) is 35.9 Å². The molecule has 1 aliphatic rings. The highest BCUT2D eigenvalue weighted by Crippen LogP contribution is 2.34. The highest BCUT2D eigenvalue weighted by molar-refractivity contribution is 5.73. The van der Waals surface area contributed by atoms with Gasteiger partial charge in [-0.15, -0.1) is 0 Å². The molecule has 0 saturated heterocycles. The molecule has 0 bridgehead atoms. The third-order valence-corrected chi connectivity index (χ3v) is 5.55. The lowest BCUT2D eigenvalue weighted by atomic mass is 9.83. The lowest BCUT2D eigenvalue weighted by Crippen LogP contribution is -2.33. The molecule has 1 aliphatic carbocycles. The van der Waals surface area contributed by atoms with Crippen molar-refractivity contribution in [3.8, 4) is 5.75 Å². The number of rotatable bonds is 10. The van der Waals surface area contributed by atoms with E-state index in [1.165, 1.54) is 25.5 Å². The Hall–Kier alpha value is -2.34. The first kappa shape index (κ1) is 24.9. The van der Waals surface area contributed by atoms with Crippen LogP contribution in [0, 0.1) is 17.8 Å². The van der Waals surface area contributed by atoms with E-state index in [1.807, 2.05) is 12.1 Å². The summed E-state index contributed by atoms with van der Waals surface area (Å²) in [7, 11) is 5.58. The number of allylic oxidation sites excluding steroid dienone is 1. The van der Waals surface area contributed by atoms with Gasteiger partial charge in [0.25, 0.3) is 0 Å². The van der Waals surface area contributed by atoms with Gasteiger partial charge in [0.05, 0.1) is 13.5 Å². The Labute approximate surface area is 187 Å². The standard InChI is InChI=1S/C25H38N2O4/c1-18(2)13-19(14-24(28)30-5)16-26-25(29)31-22-11-8-10-20(15-22)23-12-7-6-9-21(23)17-27(3)4/h8,10-12,15,18-19,21H,6-7,9,13-14,16-17H2,1-5H3,(H,26,29)/t19?,21-/m1/s1. The summed E-state index contributed by atoms with van der Waals surface area (Å²) >= 11 is 0. The predicted octanol–water partition coefficient (Wildman–Crippen LogP) is 4.75. The lowest BCUT2D eigenvalue weighted by molar-refractivity contribution is -0.141. The molecule has 31 heavy (non-hydrogen) atoms. The number of ether oxygens (including phenoxy) is 2. The number of nitrogens with zero attached hydrogens (tertiary/aromatic N) is 1. The molecule has 1 unspecified atom stereocenters. The minimum atomic E-state index is -0.502. The second kappa shape index (κ2) is 12.5. The Morgan fingerprint density at radius 3 is 2.71 bits per heavy atom. The maximum atomic E-state index is 12.4. The minimum absolute atomic E-state index is 0.0190. The summed E-state index contributed by atoms with van der Waals surface area (Å²) in [6, 6.07) is 7.76. The lowest BCUT2D eigenvalue weighted by Gasteiger charge is -2.27. The molecule has 1 aromatic carbocycles. The number of hydrogen-bond acceptors (Lipinski definition) is 5. The molecule has 2 atom stereocenters. The normalized spacial score (nSPS) is 17.3. The van der Waals surface area contributed by atoms with E-state index in [0.29, 0.717) is 24.1 Å². The molecule has 1 amide bonds. The van der Waals surface area contributed by atoms with E-state index in [0.717, 1.165) is 24.9 Å². The van der Waals surface area contributed by atoms with Gasteiger partial charge in [-0.2, -0.15) is 0 Å². The predicted molar refractivity (Wildman–Crippen MR) is 124 cm³/mol. The number of esters is 1. The van der Waals surface area contributed by atoms with Crippen LogP contribution in [-0.4, -0.2) is 51.3 Å². The van der Waals surface area contributed by atoms with Crippen molar-refractivity contribution in [1.82, 2.24) is 10.2 Å². The molecule has 0 spiro atoms. The molecule has 0 radical (unpaired) electrons.